The molecule has 0 aliphatic carbocycles. The van der Waals surface area contributed by atoms with E-state index in [2.05, 4.69) is 14.9 Å². The summed E-state index contributed by atoms with van der Waals surface area (Å²) in [6, 6.07) is 2.05. The van der Waals surface area contributed by atoms with Gasteiger partial charge in [0, 0.05) is 19.7 Å². The summed E-state index contributed by atoms with van der Waals surface area (Å²) in [5.41, 5.74) is 0. The molecule has 0 saturated carbocycles. The van der Waals surface area contributed by atoms with Gasteiger partial charge in [-0.25, -0.2) is 4.98 Å². The van der Waals surface area contributed by atoms with Crippen LogP contribution in [-0.4, -0.2) is 34.8 Å². The predicted octanol–water partition coefficient (Wildman–Crippen LogP) is 2.55. The monoisotopic (exact) mass is 283 g/mol. The lowest BCUT2D eigenvalue weighted by Gasteiger charge is -2.32. The standard InChI is InChI=1S/C12H14ClN3OS/c13-12-14-10(9-3-6-18-11(9)15-12)16-4-1-8(7-17)2-5-16/h3,6,8,17H,1-2,4-5,7H2. The van der Waals surface area contributed by atoms with E-state index in [0.29, 0.717) is 11.2 Å². The molecule has 0 bridgehead atoms. The first kappa shape index (κ1) is 12.1. The summed E-state index contributed by atoms with van der Waals surface area (Å²) in [6.07, 6.45) is 2.01. The third-order valence-corrected chi connectivity index (χ3v) is 4.43. The zero-order chi connectivity index (χ0) is 12.5. The van der Waals surface area contributed by atoms with Gasteiger partial charge in [0.1, 0.15) is 10.6 Å². The van der Waals surface area contributed by atoms with Crippen LogP contribution in [-0.2, 0) is 0 Å². The second-order valence-electron chi connectivity index (χ2n) is 4.57. The van der Waals surface area contributed by atoms with Crippen molar-refractivity contribution < 1.29 is 5.11 Å². The second kappa shape index (κ2) is 4.99. The molecule has 0 spiro atoms. The fourth-order valence-electron chi connectivity index (χ4n) is 2.38. The highest BCUT2D eigenvalue weighted by Gasteiger charge is 2.21. The minimum Gasteiger partial charge on any atom is -0.396 e. The Kier molecular flexibility index (Phi) is 3.37. The van der Waals surface area contributed by atoms with Crippen molar-refractivity contribution in [2.24, 2.45) is 5.92 Å². The Hall–Kier alpha value is -0.910. The van der Waals surface area contributed by atoms with E-state index in [9.17, 15) is 0 Å². The van der Waals surface area contributed by atoms with Crippen molar-refractivity contribution in [3.8, 4) is 0 Å². The van der Waals surface area contributed by atoms with Crippen molar-refractivity contribution in [1.82, 2.24) is 9.97 Å². The van der Waals surface area contributed by atoms with E-state index in [4.69, 9.17) is 16.7 Å². The minimum atomic E-state index is 0.284. The van der Waals surface area contributed by atoms with E-state index in [1.807, 2.05) is 11.4 Å². The lowest BCUT2D eigenvalue weighted by Crippen LogP contribution is -2.35. The molecule has 1 fully saturated rings. The number of aliphatic hydroxyl groups excluding tert-OH is 1. The Morgan fingerprint density at radius 3 is 2.89 bits per heavy atom. The summed E-state index contributed by atoms with van der Waals surface area (Å²) in [7, 11) is 0. The van der Waals surface area contributed by atoms with Gasteiger partial charge in [-0.05, 0) is 41.8 Å². The number of rotatable bonds is 2. The van der Waals surface area contributed by atoms with Gasteiger partial charge in [-0.15, -0.1) is 11.3 Å². The lowest BCUT2D eigenvalue weighted by atomic mass is 9.98. The zero-order valence-corrected chi connectivity index (χ0v) is 11.4. The molecular formula is C12H14ClN3OS. The van der Waals surface area contributed by atoms with Crippen molar-refractivity contribution in [3.63, 3.8) is 0 Å². The summed E-state index contributed by atoms with van der Waals surface area (Å²) in [6.45, 7) is 2.12. The third kappa shape index (κ3) is 2.18. The highest BCUT2D eigenvalue weighted by molar-refractivity contribution is 7.16. The van der Waals surface area contributed by atoms with Crippen LogP contribution in [0.15, 0.2) is 11.4 Å². The van der Waals surface area contributed by atoms with Crippen LogP contribution in [0.2, 0.25) is 5.28 Å². The van der Waals surface area contributed by atoms with Crippen molar-refractivity contribution in [1.29, 1.82) is 0 Å². The van der Waals surface area contributed by atoms with E-state index >= 15 is 0 Å². The van der Waals surface area contributed by atoms with Crippen LogP contribution in [0.5, 0.6) is 0 Å². The molecule has 0 radical (unpaired) electrons. The maximum Gasteiger partial charge on any atom is 0.225 e. The molecule has 3 rings (SSSR count). The maximum absolute atomic E-state index is 9.17. The topological polar surface area (TPSA) is 49.2 Å². The molecule has 2 aromatic heterocycles. The Balaban J connectivity index is 1.92. The number of nitrogens with zero attached hydrogens (tertiary/aromatic N) is 3. The predicted molar refractivity (Wildman–Crippen MR) is 74.4 cm³/mol. The summed E-state index contributed by atoms with van der Waals surface area (Å²) >= 11 is 7.56. The van der Waals surface area contributed by atoms with Gasteiger partial charge >= 0.3 is 0 Å². The van der Waals surface area contributed by atoms with Gasteiger partial charge < -0.3 is 10.0 Å². The number of fused-ring (bicyclic) bond motifs is 1. The lowest BCUT2D eigenvalue weighted by molar-refractivity contribution is 0.203. The van der Waals surface area contributed by atoms with Crippen LogP contribution in [0.4, 0.5) is 5.82 Å². The van der Waals surface area contributed by atoms with Crippen molar-refractivity contribution in [3.05, 3.63) is 16.7 Å². The molecule has 1 saturated heterocycles. The number of aromatic nitrogens is 2. The molecule has 1 aliphatic rings. The number of hydrogen-bond acceptors (Lipinski definition) is 5. The number of hydrogen-bond donors (Lipinski definition) is 1. The van der Waals surface area contributed by atoms with Crippen LogP contribution in [0.1, 0.15) is 12.8 Å². The maximum atomic E-state index is 9.17. The van der Waals surface area contributed by atoms with Gasteiger partial charge in [-0.3, -0.25) is 0 Å². The first-order valence-electron chi connectivity index (χ1n) is 6.04. The Labute approximate surface area is 114 Å². The fraction of sp³-hybridized carbons (Fsp3) is 0.500. The van der Waals surface area contributed by atoms with E-state index in [0.717, 1.165) is 42.0 Å². The molecule has 3 heterocycles. The molecule has 0 atom stereocenters. The number of aliphatic hydroxyl groups is 1. The molecule has 0 amide bonds. The number of thiophene rings is 1. The first-order valence-corrected chi connectivity index (χ1v) is 7.30. The molecule has 0 unspecified atom stereocenters. The molecule has 1 aliphatic heterocycles. The quantitative estimate of drug-likeness (QED) is 0.861. The molecule has 18 heavy (non-hydrogen) atoms. The fourth-order valence-corrected chi connectivity index (χ4v) is 3.36. The molecule has 0 aromatic carbocycles. The minimum absolute atomic E-state index is 0.284. The molecule has 6 heteroatoms. The smallest absolute Gasteiger partial charge is 0.225 e. The van der Waals surface area contributed by atoms with Gasteiger partial charge in [0.2, 0.25) is 5.28 Å². The van der Waals surface area contributed by atoms with Gasteiger partial charge in [0.05, 0.1) is 5.39 Å². The molecule has 1 N–H and O–H groups in total. The van der Waals surface area contributed by atoms with Gasteiger partial charge in [0.15, 0.2) is 0 Å². The van der Waals surface area contributed by atoms with Crippen LogP contribution in [0.25, 0.3) is 10.2 Å². The highest BCUT2D eigenvalue weighted by Crippen LogP contribution is 2.31. The largest absolute Gasteiger partial charge is 0.396 e. The van der Waals surface area contributed by atoms with Gasteiger partial charge in [-0.1, -0.05) is 0 Å². The molecule has 4 nitrogen and oxygen atoms in total. The summed E-state index contributed by atoms with van der Waals surface area (Å²) in [5.74, 6) is 1.36. The highest BCUT2D eigenvalue weighted by atomic mass is 35.5. The van der Waals surface area contributed by atoms with E-state index < -0.39 is 0 Å². The molecule has 2 aromatic rings. The van der Waals surface area contributed by atoms with Crippen LogP contribution in [0, 0.1) is 5.92 Å². The van der Waals surface area contributed by atoms with Crippen LogP contribution in [0.3, 0.4) is 0 Å². The third-order valence-electron chi connectivity index (χ3n) is 3.45. The number of anilines is 1. The average molecular weight is 284 g/mol. The van der Waals surface area contributed by atoms with E-state index in [-0.39, 0.29) is 6.61 Å². The number of halogens is 1. The van der Waals surface area contributed by atoms with Crippen LogP contribution >= 0.6 is 22.9 Å². The summed E-state index contributed by atoms with van der Waals surface area (Å²) < 4.78 is 0. The van der Waals surface area contributed by atoms with Gasteiger partial charge in [0.25, 0.3) is 0 Å². The summed E-state index contributed by atoms with van der Waals surface area (Å²) in [4.78, 5) is 11.8. The van der Waals surface area contributed by atoms with Crippen LogP contribution < -0.4 is 4.90 Å². The van der Waals surface area contributed by atoms with E-state index in [1.165, 1.54) is 0 Å². The molecule has 96 valence electrons. The van der Waals surface area contributed by atoms with Gasteiger partial charge in [-0.2, -0.15) is 4.98 Å². The van der Waals surface area contributed by atoms with E-state index in [1.54, 1.807) is 11.3 Å². The van der Waals surface area contributed by atoms with Crippen molar-refractivity contribution in [2.75, 3.05) is 24.6 Å². The first-order chi connectivity index (χ1) is 8.78. The SMILES string of the molecule is OCC1CCN(c2nc(Cl)nc3sccc23)CC1. The Bertz CT molecular complexity index is 551. The Morgan fingerprint density at radius 1 is 1.39 bits per heavy atom. The normalized spacial score (nSPS) is 17.6. The van der Waals surface area contributed by atoms with Crippen molar-refractivity contribution >= 4 is 39.0 Å². The Morgan fingerprint density at radius 2 is 2.17 bits per heavy atom. The zero-order valence-electron chi connectivity index (χ0n) is 9.84. The molecular weight excluding hydrogens is 270 g/mol. The summed E-state index contributed by atoms with van der Waals surface area (Å²) in [5, 5.41) is 12.6. The van der Waals surface area contributed by atoms with Crippen molar-refractivity contribution in [2.45, 2.75) is 12.8 Å². The second-order valence-corrected chi connectivity index (χ2v) is 5.80. The number of piperidine rings is 1. The average Bonchev–Trinajstić information content (AvgIpc) is 2.86.